The zero-order valence-electron chi connectivity index (χ0n) is 18.2. The minimum atomic E-state index is -0.0873. The number of anilines is 1. The first-order chi connectivity index (χ1) is 16.7. The summed E-state index contributed by atoms with van der Waals surface area (Å²) in [6, 6.07) is 21.8. The van der Waals surface area contributed by atoms with Gasteiger partial charge in [-0.25, -0.2) is 4.98 Å². The highest BCUT2D eigenvalue weighted by molar-refractivity contribution is 8.00. The van der Waals surface area contributed by atoms with Crippen LogP contribution < -0.4 is 10.6 Å². The monoisotopic (exact) mass is 486 g/mol. The fraction of sp³-hybridized carbons (Fsp3) is 0.115. The number of carbonyl (C=O) groups excluding carboxylic acids is 2. The molecule has 5 aromatic rings. The van der Waals surface area contributed by atoms with Crippen LogP contribution in [0.25, 0.3) is 21.7 Å². The molecule has 0 aliphatic carbocycles. The van der Waals surface area contributed by atoms with E-state index >= 15 is 0 Å². The summed E-state index contributed by atoms with van der Waals surface area (Å²) in [5.74, 6) is 0.127. The first-order valence-corrected chi connectivity index (χ1v) is 12.7. The second kappa shape index (κ2) is 10.1. The first kappa shape index (κ1) is 22.2. The van der Waals surface area contributed by atoms with E-state index in [9.17, 15) is 9.59 Å². The number of nitrogens with one attached hydrogen (secondary N) is 2. The predicted octanol–water partition coefficient (Wildman–Crippen LogP) is 5.41. The summed E-state index contributed by atoms with van der Waals surface area (Å²) in [5, 5.41) is 11.5. The Morgan fingerprint density at radius 2 is 1.82 bits per heavy atom. The Morgan fingerprint density at radius 1 is 1.00 bits per heavy atom. The van der Waals surface area contributed by atoms with Gasteiger partial charge in [0, 0.05) is 52.2 Å². The van der Waals surface area contributed by atoms with E-state index in [2.05, 4.69) is 32.3 Å². The summed E-state index contributed by atoms with van der Waals surface area (Å²) in [5.41, 5.74) is 1.73. The van der Waals surface area contributed by atoms with Crippen LogP contribution in [0.5, 0.6) is 0 Å². The number of amides is 2. The Bertz CT molecular complexity index is 1460. The molecule has 0 aliphatic heterocycles. The first-order valence-electron chi connectivity index (χ1n) is 10.8. The molecule has 8 heteroatoms. The lowest BCUT2D eigenvalue weighted by Crippen LogP contribution is -2.27. The van der Waals surface area contributed by atoms with Gasteiger partial charge in [0.15, 0.2) is 5.13 Å². The average Bonchev–Trinajstić information content (AvgIpc) is 3.50. The third-order valence-electron chi connectivity index (χ3n) is 5.44. The van der Waals surface area contributed by atoms with Crippen LogP contribution in [0.3, 0.4) is 0 Å². The zero-order valence-corrected chi connectivity index (χ0v) is 19.9. The molecule has 0 bridgehead atoms. The summed E-state index contributed by atoms with van der Waals surface area (Å²) in [4.78, 5) is 30.1. The SMILES string of the molecule is O=C(CSc1cn(CCNC(=O)c2ccc3ccccc3c2)c2ccccc12)Nc1nccs1. The normalized spacial score (nSPS) is 11.1. The highest BCUT2D eigenvalue weighted by atomic mass is 32.2. The zero-order chi connectivity index (χ0) is 23.3. The molecule has 6 nitrogen and oxygen atoms in total. The van der Waals surface area contributed by atoms with Gasteiger partial charge in [0.2, 0.25) is 5.91 Å². The van der Waals surface area contributed by atoms with Gasteiger partial charge in [0.1, 0.15) is 0 Å². The Balaban J connectivity index is 1.23. The molecule has 3 aromatic carbocycles. The van der Waals surface area contributed by atoms with Gasteiger partial charge in [-0.3, -0.25) is 9.59 Å². The predicted molar refractivity (Wildman–Crippen MR) is 140 cm³/mol. The van der Waals surface area contributed by atoms with Crippen molar-refractivity contribution >= 4 is 61.7 Å². The van der Waals surface area contributed by atoms with Gasteiger partial charge in [-0.1, -0.05) is 48.5 Å². The van der Waals surface area contributed by atoms with Crippen LogP contribution in [0, 0.1) is 0 Å². The molecule has 170 valence electrons. The third-order valence-corrected chi connectivity index (χ3v) is 7.17. The summed E-state index contributed by atoms with van der Waals surface area (Å²) in [6.45, 7) is 1.13. The maximum absolute atomic E-state index is 12.7. The van der Waals surface area contributed by atoms with Gasteiger partial charge in [0.05, 0.1) is 5.75 Å². The number of rotatable bonds is 8. The molecule has 5 rings (SSSR count). The molecule has 2 aromatic heterocycles. The van der Waals surface area contributed by atoms with Crippen molar-refractivity contribution in [2.75, 3.05) is 17.6 Å². The number of nitrogens with zero attached hydrogens (tertiary/aromatic N) is 2. The smallest absolute Gasteiger partial charge is 0.251 e. The fourth-order valence-corrected chi connectivity index (χ4v) is 5.25. The van der Waals surface area contributed by atoms with Gasteiger partial charge < -0.3 is 15.2 Å². The summed E-state index contributed by atoms with van der Waals surface area (Å²) < 4.78 is 2.12. The molecule has 2 N–H and O–H groups in total. The Morgan fingerprint density at radius 3 is 2.68 bits per heavy atom. The van der Waals surface area contributed by atoms with Crippen molar-refractivity contribution in [3.63, 3.8) is 0 Å². The highest BCUT2D eigenvalue weighted by Crippen LogP contribution is 2.30. The maximum Gasteiger partial charge on any atom is 0.251 e. The van der Waals surface area contributed by atoms with Gasteiger partial charge in [-0.15, -0.1) is 23.1 Å². The molecule has 0 saturated carbocycles. The van der Waals surface area contributed by atoms with Crippen LogP contribution in [-0.4, -0.2) is 33.7 Å². The van der Waals surface area contributed by atoms with E-state index in [1.165, 1.54) is 23.1 Å². The largest absolute Gasteiger partial charge is 0.350 e. The Labute approximate surface area is 205 Å². The number of thioether (sulfide) groups is 1. The number of benzene rings is 3. The number of carbonyl (C=O) groups is 2. The molecule has 0 radical (unpaired) electrons. The van der Waals surface area contributed by atoms with Crippen molar-refractivity contribution in [3.8, 4) is 0 Å². The van der Waals surface area contributed by atoms with Crippen molar-refractivity contribution in [2.45, 2.75) is 11.4 Å². The molecule has 0 aliphatic rings. The summed E-state index contributed by atoms with van der Waals surface area (Å²) in [7, 11) is 0. The van der Waals surface area contributed by atoms with E-state index in [4.69, 9.17) is 0 Å². The lowest BCUT2D eigenvalue weighted by atomic mass is 10.1. The van der Waals surface area contributed by atoms with Gasteiger partial charge in [-0.05, 0) is 29.0 Å². The van der Waals surface area contributed by atoms with Gasteiger partial charge in [-0.2, -0.15) is 0 Å². The quantitative estimate of drug-likeness (QED) is 0.288. The van der Waals surface area contributed by atoms with E-state index in [0.29, 0.717) is 29.5 Å². The molecule has 0 fully saturated rings. The molecular weight excluding hydrogens is 464 g/mol. The van der Waals surface area contributed by atoms with Crippen LogP contribution in [0.1, 0.15) is 10.4 Å². The van der Waals surface area contributed by atoms with Gasteiger partial charge >= 0.3 is 0 Å². The molecule has 2 heterocycles. The van der Waals surface area contributed by atoms with Crippen molar-refractivity contribution in [1.29, 1.82) is 0 Å². The Kier molecular flexibility index (Phi) is 6.60. The van der Waals surface area contributed by atoms with E-state index in [1.54, 1.807) is 6.20 Å². The second-order valence-electron chi connectivity index (χ2n) is 7.70. The molecule has 0 spiro atoms. The minimum Gasteiger partial charge on any atom is -0.350 e. The fourth-order valence-electron chi connectivity index (χ4n) is 3.82. The van der Waals surface area contributed by atoms with Crippen LogP contribution in [-0.2, 0) is 11.3 Å². The number of aromatic nitrogens is 2. The number of fused-ring (bicyclic) bond motifs is 2. The van der Waals surface area contributed by atoms with E-state index in [0.717, 1.165) is 26.6 Å². The number of thiazole rings is 1. The number of para-hydroxylation sites is 1. The molecule has 0 unspecified atom stereocenters. The Hall–Kier alpha value is -3.62. The highest BCUT2D eigenvalue weighted by Gasteiger charge is 2.12. The van der Waals surface area contributed by atoms with E-state index in [-0.39, 0.29) is 11.8 Å². The van der Waals surface area contributed by atoms with Crippen LogP contribution in [0.4, 0.5) is 5.13 Å². The van der Waals surface area contributed by atoms with E-state index in [1.807, 2.05) is 66.2 Å². The third kappa shape index (κ3) is 4.98. The van der Waals surface area contributed by atoms with Crippen LogP contribution in [0.15, 0.2) is 89.4 Å². The molecule has 34 heavy (non-hydrogen) atoms. The lowest BCUT2D eigenvalue weighted by Gasteiger charge is -2.08. The molecule has 0 saturated heterocycles. The standard InChI is InChI=1S/C26H22N4O2S2/c31-24(29-26-28-12-14-33-26)17-34-23-16-30(22-8-4-3-7-21(22)23)13-11-27-25(32)20-10-9-18-5-1-2-6-19(18)15-20/h1-10,12,14-16H,11,13,17H2,(H,27,32)(H,28,29,31). The lowest BCUT2D eigenvalue weighted by molar-refractivity contribution is -0.113. The number of hydrogen-bond donors (Lipinski definition) is 2. The average molecular weight is 487 g/mol. The van der Waals surface area contributed by atoms with Crippen LogP contribution >= 0.6 is 23.1 Å². The summed E-state index contributed by atoms with van der Waals surface area (Å²) in [6.07, 6.45) is 3.72. The van der Waals surface area contributed by atoms with Crippen molar-refractivity contribution in [2.24, 2.45) is 0 Å². The second-order valence-corrected chi connectivity index (χ2v) is 9.61. The van der Waals surface area contributed by atoms with Crippen molar-refractivity contribution in [1.82, 2.24) is 14.9 Å². The van der Waals surface area contributed by atoms with Crippen molar-refractivity contribution in [3.05, 3.63) is 90.1 Å². The molecule has 2 amide bonds. The van der Waals surface area contributed by atoms with Crippen LogP contribution in [0.2, 0.25) is 0 Å². The van der Waals surface area contributed by atoms with Gasteiger partial charge in [0.25, 0.3) is 5.91 Å². The minimum absolute atomic E-state index is 0.0839. The number of hydrogen-bond acceptors (Lipinski definition) is 5. The summed E-state index contributed by atoms with van der Waals surface area (Å²) >= 11 is 2.89. The maximum atomic E-state index is 12.7. The molecule has 0 atom stereocenters. The van der Waals surface area contributed by atoms with E-state index < -0.39 is 0 Å². The molecular formula is C26H22N4O2S2. The topological polar surface area (TPSA) is 76.0 Å². The van der Waals surface area contributed by atoms with Crippen molar-refractivity contribution < 1.29 is 9.59 Å².